The molecule has 0 bridgehead atoms. The number of benzene rings is 2. The molecule has 0 aliphatic heterocycles. The molecule has 142 valence electrons. The fourth-order valence-corrected chi connectivity index (χ4v) is 2.68. The van der Waals surface area contributed by atoms with Gasteiger partial charge in [-0.2, -0.15) is 5.10 Å². The van der Waals surface area contributed by atoms with Gasteiger partial charge in [0.25, 0.3) is 11.8 Å². The van der Waals surface area contributed by atoms with Crippen molar-refractivity contribution >= 4 is 52.2 Å². The van der Waals surface area contributed by atoms with Gasteiger partial charge in [-0.1, -0.05) is 29.3 Å². The van der Waals surface area contributed by atoms with Crippen LogP contribution in [0.25, 0.3) is 11.0 Å². The minimum Gasteiger partial charge on any atom is -0.463 e. The zero-order chi connectivity index (χ0) is 20.1. The molecule has 2 aromatic carbocycles. The average Bonchev–Trinajstić information content (AvgIpc) is 2.68. The molecule has 0 fully saturated rings. The average molecular weight is 418 g/mol. The molecule has 2 amide bonds. The first-order valence-corrected chi connectivity index (χ1v) is 8.76. The van der Waals surface area contributed by atoms with E-state index >= 15 is 0 Å². The van der Waals surface area contributed by atoms with Crippen molar-refractivity contribution < 1.29 is 14.0 Å². The van der Waals surface area contributed by atoms with Gasteiger partial charge in [0.1, 0.15) is 11.8 Å². The smallest absolute Gasteiger partial charge is 0.259 e. The summed E-state index contributed by atoms with van der Waals surface area (Å²) in [7, 11) is 0. The number of hydrogen-bond acceptors (Lipinski definition) is 5. The second kappa shape index (κ2) is 8.69. The zero-order valence-electron chi connectivity index (χ0n) is 14.2. The lowest BCUT2D eigenvalue weighted by Gasteiger charge is -2.04. The van der Waals surface area contributed by atoms with E-state index in [1.807, 2.05) is 0 Å². The van der Waals surface area contributed by atoms with Crippen LogP contribution in [0, 0.1) is 0 Å². The van der Waals surface area contributed by atoms with E-state index in [1.54, 1.807) is 30.3 Å². The molecule has 0 aliphatic carbocycles. The monoisotopic (exact) mass is 417 g/mol. The van der Waals surface area contributed by atoms with Crippen molar-refractivity contribution in [2.75, 3.05) is 6.54 Å². The first-order chi connectivity index (χ1) is 13.4. The maximum atomic E-state index is 12.4. The number of halogens is 2. The lowest BCUT2D eigenvalue weighted by Crippen LogP contribution is -2.35. The lowest BCUT2D eigenvalue weighted by atomic mass is 10.2. The topological polar surface area (TPSA) is 101 Å². The van der Waals surface area contributed by atoms with Crippen molar-refractivity contribution in [3.05, 3.63) is 80.1 Å². The summed E-state index contributed by atoms with van der Waals surface area (Å²) >= 11 is 11.7. The summed E-state index contributed by atoms with van der Waals surface area (Å²) in [4.78, 5) is 36.1. The molecule has 7 nitrogen and oxygen atoms in total. The molecule has 0 spiro atoms. The lowest BCUT2D eigenvalue weighted by molar-refractivity contribution is -0.120. The highest BCUT2D eigenvalue weighted by atomic mass is 35.5. The summed E-state index contributed by atoms with van der Waals surface area (Å²) in [5.74, 6) is -1.02. The summed E-state index contributed by atoms with van der Waals surface area (Å²) < 4.78 is 5.34. The second-order valence-corrected chi connectivity index (χ2v) is 6.52. The van der Waals surface area contributed by atoms with E-state index in [9.17, 15) is 14.4 Å². The van der Waals surface area contributed by atoms with Crippen molar-refractivity contribution in [1.29, 1.82) is 0 Å². The Morgan fingerprint density at radius 3 is 2.68 bits per heavy atom. The van der Waals surface area contributed by atoms with E-state index in [1.165, 1.54) is 18.4 Å². The minimum atomic E-state index is -0.570. The van der Waals surface area contributed by atoms with Crippen LogP contribution in [0.1, 0.15) is 15.9 Å². The summed E-state index contributed by atoms with van der Waals surface area (Å²) in [6.07, 6.45) is 2.39. The van der Waals surface area contributed by atoms with Crippen LogP contribution in [0.4, 0.5) is 0 Å². The first kappa shape index (κ1) is 19.6. The molecule has 0 radical (unpaired) electrons. The van der Waals surface area contributed by atoms with Crippen molar-refractivity contribution in [3.8, 4) is 0 Å². The summed E-state index contributed by atoms with van der Waals surface area (Å²) in [5, 5.41) is 7.26. The van der Waals surface area contributed by atoms with Gasteiger partial charge in [-0.15, -0.1) is 0 Å². The standard InChI is InChI=1S/C19H13Cl2N3O4/c20-13-3-1-2-11(6-13)19(27)22-9-17(25)24-23-8-12-10-28-16-5-4-14(21)7-15(16)18(12)26/h1-8,10H,9H2,(H,22,27)(H,24,25)/b23-8+. The number of carbonyl (C=O) groups is 2. The second-order valence-electron chi connectivity index (χ2n) is 5.65. The number of amides is 2. The van der Waals surface area contributed by atoms with Gasteiger partial charge in [0.05, 0.1) is 23.7 Å². The zero-order valence-corrected chi connectivity index (χ0v) is 15.8. The maximum Gasteiger partial charge on any atom is 0.259 e. The van der Waals surface area contributed by atoms with Gasteiger partial charge in [0.15, 0.2) is 0 Å². The van der Waals surface area contributed by atoms with Gasteiger partial charge in [0, 0.05) is 15.6 Å². The molecule has 0 aliphatic rings. The molecule has 0 saturated carbocycles. The highest BCUT2D eigenvalue weighted by Crippen LogP contribution is 2.16. The minimum absolute atomic E-state index is 0.137. The third-order valence-electron chi connectivity index (χ3n) is 3.65. The normalized spacial score (nSPS) is 10.9. The Morgan fingerprint density at radius 2 is 1.89 bits per heavy atom. The van der Waals surface area contributed by atoms with Crippen molar-refractivity contribution in [2.24, 2.45) is 5.10 Å². The molecule has 9 heteroatoms. The van der Waals surface area contributed by atoms with Crippen molar-refractivity contribution in [2.45, 2.75) is 0 Å². The Hall–Kier alpha value is -3.16. The predicted molar refractivity (Wildman–Crippen MR) is 107 cm³/mol. The van der Waals surface area contributed by atoms with Crippen LogP contribution >= 0.6 is 23.2 Å². The van der Waals surface area contributed by atoms with E-state index in [2.05, 4.69) is 15.8 Å². The van der Waals surface area contributed by atoms with Crippen LogP contribution in [0.3, 0.4) is 0 Å². The molecule has 3 rings (SSSR count). The highest BCUT2D eigenvalue weighted by Gasteiger charge is 2.09. The molecular weight excluding hydrogens is 405 g/mol. The van der Waals surface area contributed by atoms with E-state index in [0.717, 1.165) is 6.21 Å². The fourth-order valence-electron chi connectivity index (χ4n) is 2.31. The largest absolute Gasteiger partial charge is 0.463 e. The van der Waals surface area contributed by atoms with E-state index in [0.29, 0.717) is 26.6 Å². The first-order valence-electron chi connectivity index (χ1n) is 8.01. The highest BCUT2D eigenvalue weighted by molar-refractivity contribution is 6.31. The summed E-state index contributed by atoms with van der Waals surface area (Å²) in [6, 6.07) is 11.0. The van der Waals surface area contributed by atoms with Crippen LogP contribution in [-0.4, -0.2) is 24.6 Å². The number of hydrazone groups is 1. The van der Waals surface area contributed by atoms with Gasteiger partial charge in [-0.3, -0.25) is 14.4 Å². The van der Waals surface area contributed by atoms with Crippen molar-refractivity contribution in [3.63, 3.8) is 0 Å². The quantitative estimate of drug-likeness (QED) is 0.492. The van der Waals surface area contributed by atoms with E-state index in [4.69, 9.17) is 27.6 Å². The van der Waals surface area contributed by atoms with Crippen LogP contribution in [0.5, 0.6) is 0 Å². The van der Waals surface area contributed by atoms with Gasteiger partial charge in [-0.25, -0.2) is 5.43 Å². The number of nitrogens with one attached hydrogen (secondary N) is 2. The third kappa shape index (κ3) is 4.76. The third-order valence-corrected chi connectivity index (χ3v) is 4.12. The van der Waals surface area contributed by atoms with Crippen molar-refractivity contribution in [1.82, 2.24) is 10.7 Å². The van der Waals surface area contributed by atoms with Crippen LogP contribution in [0.15, 0.2) is 63.0 Å². The molecule has 2 N–H and O–H groups in total. The van der Waals surface area contributed by atoms with Gasteiger partial charge in [-0.05, 0) is 36.4 Å². The molecular formula is C19H13Cl2N3O4. The summed E-state index contributed by atoms with van der Waals surface area (Å²) in [5.41, 5.74) is 2.74. The van der Waals surface area contributed by atoms with Gasteiger partial charge in [0.2, 0.25) is 5.43 Å². The molecule has 1 heterocycles. The predicted octanol–water partition coefficient (Wildman–Crippen LogP) is 2.98. The van der Waals surface area contributed by atoms with E-state index < -0.39 is 11.8 Å². The van der Waals surface area contributed by atoms with Crippen LogP contribution < -0.4 is 16.2 Å². The van der Waals surface area contributed by atoms with Crippen LogP contribution in [0.2, 0.25) is 10.0 Å². The summed E-state index contributed by atoms with van der Waals surface area (Å²) in [6.45, 7) is -0.301. The molecule has 0 atom stereocenters. The molecule has 1 aromatic heterocycles. The molecule has 0 unspecified atom stereocenters. The molecule has 28 heavy (non-hydrogen) atoms. The molecule has 0 saturated heterocycles. The molecule has 3 aromatic rings. The Morgan fingerprint density at radius 1 is 1.11 bits per heavy atom. The Bertz CT molecular complexity index is 1140. The number of fused-ring (bicyclic) bond motifs is 1. The number of carbonyl (C=O) groups excluding carboxylic acids is 2. The number of hydrogen-bond donors (Lipinski definition) is 2. The van der Waals surface area contributed by atoms with E-state index in [-0.39, 0.29) is 17.5 Å². The SMILES string of the molecule is O=C(CNC(=O)c1cccc(Cl)c1)N/N=C/c1coc2ccc(Cl)cc2c1=O. The van der Waals surface area contributed by atoms with Gasteiger partial charge >= 0.3 is 0 Å². The maximum absolute atomic E-state index is 12.4. The number of nitrogens with zero attached hydrogens (tertiary/aromatic N) is 1. The Labute approximate surface area is 168 Å². The van der Waals surface area contributed by atoms with Gasteiger partial charge < -0.3 is 9.73 Å². The Balaban J connectivity index is 1.59. The fraction of sp³-hybridized carbons (Fsp3) is 0.0526. The van der Waals surface area contributed by atoms with Crippen LogP contribution in [-0.2, 0) is 4.79 Å². The number of rotatable bonds is 5. The Kier molecular flexibility index (Phi) is 6.08.